The van der Waals surface area contributed by atoms with Crippen molar-refractivity contribution in [3.63, 3.8) is 0 Å². The van der Waals surface area contributed by atoms with Gasteiger partial charge in [0.05, 0.1) is 0 Å². The Hall–Kier alpha value is -3.25. The number of nitrogens with zero attached hydrogens (tertiary/aromatic N) is 1. The monoisotopic (exact) mass is 379 g/mol. The van der Waals surface area contributed by atoms with Crippen LogP contribution in [0.15, 0.2) is 95.0 Å². The van der Waals surface area contributed by atoms with Gasteiger partial charge in [-0.25, -0.2) is 0 Å². The van der Waals surface area contributed by atoms with Crippen molar-refractivity contribution in [1.82, 2.24) is 0 Å². The molecule has 3 aromatic carbocycles. The highest BCUT2D eigenvalue weighted by Gasteiger charge is 2.20. The van der Waals surface area contributed by atoms with Gasteiger partial charge in [-0.3, -0.25) is 9.08 Å². The maximum atomic E-state index is 12.8. The van der Waals surface area contributed by atoms with E-state index in [9.17, 15) is 13.2 Å². The van der Waals surface area contributed by atoms with Gasteiger partial charge in [0.25, 0.3) is 0 Å². The molecule has 0 amide bonds. The lowest BCUT2D eigenvalue weighted by molar-refractivity contribution is 0.106. The molecule has 0 aliphatic heterocycles. The molecule has 0 atom stereocenters. The van der Waals surface area contributed by atoms with Gasteiger partial charge in [0.2, 0.25) is 5.78 Å². The summed E-state index contributed by atoms with van der Waals surface area (Å²) in [4.78, 5) is 12.8. The summed E-state index contributed by atoms with van der Waals surface area (Å²) in [6.07, 6.45) is 0. The van der Waals surface area contributed by atoms with E-state index in [1.54, 1.807) is 72.8 Å². The van der Waals surface area contributed by atoms with Gasteiger partial charge in [-0.1, -0.05) is 83.5 Å². The standard InChI is InChI=1S/C21H17NO4S/c1-16-12-14-19(15-13-16)27(24,25)26-22-20(17-8-4-2-5-9-17)21(23)18-10-6-3-7-11-18/h2-15H,1H3. The third-order valence-corrected chi connectivity index (χ3v) is 4.95. The Kier molecular flexibility index (Phi) is 5.47. The van der Waals surface area contributed by atoms with Crippen molar-refractivity contribution in [2.75, 3.05) is 0 Å². The van der Waals surface area contributed by atoms with Crippen LogP contribution in [-0.4, -0.2) is 19.9 Å². The molecule has 0 saturated carbocycles. The first-order valence-corrected chi connectivity index (χ1v) is 9.62. The second-order valence-corrected chi connectivity index (χ2v) is 7.37. The summed E-state index contributed by atoms with van der Waals surface area (Å²) in [6, 6.07) is 23.3. The lowest BCUT2D eigenvalue weighted by Crippen LogP contribution is -2.17. The number of oxime groups is 1. The Morgan fingerprint density at radius 1 is 0.778 bits per heavy atom. The van der Waals surface area contributed by atoms with E-state index in [2.05, 4.69) is 5.16 Å². The maximum Gasteiger partial charge on any atom is 0.358 e. The topological polar surface area (TPSA) is 72.8 Å². The average molecular weight is 379 g/mol. The summed E-state index contributed by atoms with van der Waals surface area (Å²) < 4.78 is 29.6. The second-order valence-electron chi connectivity index (χ2n) is 5.84. The van der Waals surface area contributed by atoms with Crippen molar-refractivity contribution in [1.29, 1.82) is 0 Å². The smallest absolute Gasteiger partial charge is 0.287 e. The molecule has 5 nitrogen and oxygen atoms in total. The minimum absolute atomic E-state index is 0.0311. The van der Waals surface area contributed by atoms with E-state index in [1.807, 2.05) is 6.92 Å². The van der Waals surface area contributed by atoms with Crippen molar-refractivity contribution < 1.29 is 17.5 Å². The van der Waals surface area contributed by atoms with Gasteiger partial charge in [-0.05, 0) is 19.1 Å². The molecule has 0 aliphatic rings. The maximum absolute atomic E-state index is 12.8. The average Bonchev–Trinajstić information content (AvgIpc) is 2.70. The first-order valence-electron chi connectivity index (χ1n) is 8.21. The number of carbonyl (C=O) groups is 1. The number of hydrogen-bond acceptors (Lipinski definition) is 5. The molecule has 27 heavy (non-hydrogen) atoms. The summed E-state index contributed by atoms with van der Waals surface area (Å²) in [5, 5.41) is 3.72. The number of Topliss-reactive ketones (excluding diaryl/α,β-unsaturated/α-hetero) is 1. The van der Waals surface area contributed by atoms with Gasteiger partial charge < -0.3 is 0 Å². The number of rotatable bonds is 6. The Balaban J connectivity index is 1.98. The number of hydrogen-bond donors (Lipinski definition) is 0. The van der Waals surface area contributed by atoms with E-state index in [0.29, 0.717) is 11.1 Å². The molecule has 6 heteroatoms. The van der Waals surface area contributed by atoms with Gasteiger partial charge in [0, 0.05) is 11.1 Å². The van der Waals surface area contributed by atoms with Crippen LogP contribution >= 0.6 is 0 Å². The molecule has 3 rings (SSSR count). The Morgan fingerprint density at radius 2 is 1.30 bits per heavy atom. The first kappa shape index (κ1) is 18.5. The van der Waals surface area contributed by atoms with E-state index in [-0.39, 0.29) is 10.6 Å². The second kappa shape index (κ2) is 7.97. The molecule has 0 aliphatic carbocycles. The molecule has 3 aromatic rings. The minimum atomic E-state index is -4.14. The van der Waals surface area contributed by atoms with Gasteiger partial charge in [-0.2, -0.15) is 8.42 Å². The van der Waals surface area contributed by atoms with Crippen LogP contribution < -0.4 is 0 Å². The molecule has 0 N–H and O–H groups in total. The highest BCUT2D eigenvalue weighted by atomic mass is 32.2. The predicted octanol–water partition coefficient (Wildman–Crippen LogP) is 3.99. The first-order chi connectivity index (χ1) is 13.0. The fourth-order valence-corrected chi connectivity index (χ4v) is 3.11. The van der Waals surface area contributed by atoms with Gasteiger partial charge >= 0.3 is 10.1 Å². The molecule has 0 fully saturated rings. The number of benzene rings is 3. The Morgan fingerprint density at radius 3 is 1.85 bits per heavy atom. The number of carbonyl (C=O) groups excluding carboxylic acids is 1. The number of ketones is 1. The SMILES string of the molecule is Cc1ccc(S(=O)(=O)ON=C(C(=O)c2ccccc2)c2ccccc2)cc1. The van der Waals surface area contributed by atoms with Crippen LogP contribution in [0.5, 0.6) is 0 Å². The van der Waals surface area contributed by atoms with Gasteiger partial charge in [0.1, 0.15) is 4.90 Å². The number of aryl methyl sites for hydroxylation is 1. The molecule has 136 valence electrons. The molecular formula is C21H17NO4S. The third-order valence-electron chi connectivity index (χ3n) is 3.83. The summed E-state index contributed by atoms with van der Waals surface area (Å²) in [6.45, 7) is 1.85. The minimum Gasteiger partial charge on any atom is -0.287 e. The lowest BCUT2D eigenvalue weighted by Gasteiger charge is -2.07. The van der Waals surface area contributed by atoms with Crippen molar-refractivity contribution >= 4 is 21.6 Å². The Labute approximate surface area is 158 Å². The summed E-state index contributed by atoms with van der Waals surface area (Å²) in [5.41, 5.74) is 1.68. The van der Waals surface area contributed by atoms with E-state index in [4.69, 9.17) is 4.28 Å². The van der Waals surface area contributed by atoms with Crippen molar-refractivity contribution in [3.05, 3.63) is 102 Å². The molecule has 0 saturated heterocycles. The fourth-order valence-electron chi connectivity index (χ4n) is 2.38. The molecule has 0 bridgehead atoms. The summed E-state index contributed by atoms with van der Waals surface area (Å²) >= 11 is 0. The highest BCUT2D eigenvalue weighted by Crippen LogP contribution is 2.15. The van der Waals surface area contributed by atoms with Crippen LogP contribution in [-0.2, 0) is 14.4 Å². The van der Waals surface area contributed by atoms with E-state index in [1.165, 1.54) is 12.1 Å². The predicted molar refractivity (Wildman–Crippen MR) is 103 cm³/mol. The molecule has 0 aromatic heterocycles. The molecular weight excluding hydrogens is 362 g/mol. The third kappa shape index (κ3) is 4.48. The van der Waals surface area contributed by atoms with E-state index in [0.717, 1.165) is 5.56 Å². The van der Waals surface area contributed by atoms with E-state index >= 15 is 0 Å². The zero-order chi connectivity index (χ0) is 19.3. The van der Waals surface area contributed by atoms with Crippen LogP contribution in [0.1, 0.15) is 21.5 Å². The van der Waals surface area contributed by atoms with Gasteiger partial charge in [0.15, 0.2) is 5.71 Å². The molecule has 0 unspecified atom stereocenters. The lowest BCUT2D eigenvalue weighted by atomic mass is 10.0. The van der Waals surface area contributed by atoms with Crippen molar-refractivity contribution in [2.45, 2.75) is 11.8 Å². The van der Waals surface area contributed by atoms with Crippen LogP contribution in [0.2, 0.25) is 0 Å². The van der Waals surface area contributed by atoms with Crippen LogP contribution in [0.3, 0.4) is 0 Å². The summed E-state index contributed by atoms with van der Waals surface area (Å²) in [7, 11) is -4.14. The zero-order valence-electron chi connectivity index (χ0n) is 14.6. The zero-order valence-corrected chi connectivity index (χ0v) is 15.4. The van der Waals surface area contributed by atoms with Crippen molar-refractivity contribution in [2.24, 2.45) is 5.16 Å². The van der Waals surface area contributed by atoms with E-state index < -0.39 is 15.9 Å². The molecule has 0 radical (unpaired) electrons. The quantitative estimate of drug-likeness (QED) is 0.369. The largest absolute Gasteiger partial charge is 0.358 e. The molecule has 0 spiro atoms. The summed E-state index contributed by atoms with van der Waals surface area (Å²) in [5.74, 6) is -0.430. The van der Waals surface area contributed by atoms with Gasteiger partial charge in [-0.15, -0.1) is 0 Å². The highest BCUT2D eigenvalue weighted by molar-refractivity contribution is 7.86. The Bertz CT molecular complexity index is 1060. The molecule has 0 heterocycles. The van der Waals surface area contributed by atoms with Crippen molar-refractivity contribution in [3.8, 4) is 0 Å². The van der Waals surface area contributed by atoms with Crippen LogP contribution in [0, 0.1) is 6.92 Å². The van der Waals surface area contributed by atoms with Crippen LogP contribution in [0.25, 0.3) is 0 Å². The fraction of sp³-hybridized carbons (Fsp3) is 0.0476. The van der Waals surface area contributed by atoms with Crippen LogP contribution in [0.4, 0.5) is 0 Å². The normalized spacial score (nSPS) is 11.8.